The van der Waals surface area contributed by atoms with Crippen LogP contribution in [0.2, 0.25) is 0 Å². The summed E-state index contributed by atoms with van der Waals surface area (Å²) in [4.78, 5) is 21.5. The first-order valence-corrected chi connectivity index (χ1v) is 5.21. The van der Waals surface area contributed by atoms with E-state index in [1.807, 2.05) is 0 Å². The molecule has 0 aliphatic carbocycles. The Morgan fingerprint density at radius 3 is 2.88 bits per heavy atom. The molecule has 0 bridgehead atoms. The van der Waals surface area contributed by atoms with Crippen LogP contribution >= 0.6 is 0 Å². The molecule has 1 aliphatic rings. The van der Waals surface area contributed by atoms with E-state index in [9.17, 15) is 9.59 Å². The third-order valence-electron chi connectivity index (χ3n) is 2.73. The van der Waals surface area contributed by atoms with Gasteiger partial charge in [-0.2, -0.15) is 0 Å². The van der Waals surface area contributed by atoms with Crippen LogP contribution in [0.1, 0.15) is 12.8 Å². The van der Waals surface area contributed by atoms with E-state index in [1.165, 1.54) is 7.11 Å². The molecule has 0 saturated carbocycles. The fraction of sp³-hybridized carbons (Fsp3) is 0.800. The molecule has 0 amide bonds. The van der Waals surface area contributed by atoms with Crippen molar-refractivity contribution in [3.63, 3.8) is 0 Å². The molecule has 0 aromatic carbocycles. The molecule has 16 heavy (non-hydrogen) atoms. The number of piperidine rings is 1. The SMILES string of the molecule is COC(=O)[C@@H]1C[C@H](CO)C[C@H](COC=O)N1. The highest BCUT2D eigenvalue weighted by molar-refractivity contribution is 5.75. The summed E-state index contributed by atoms with van der Waals surface area (Å²) < 4.78 is 9.29. The van der Waals surface area contributed by atoms with Crippen molar-refractivity contribution in [2.45, 2.75) is 24.9 Å². The average Bonchev–Trinajstić information content (AvgIpc) is 2.34. The second-order valence-corrected chi connectivity index (χ2v) is 3.89. The number of nitrogens with one attached hydrogen (secondary N) is 1. The molecule has 0 aromatic rings. The first-order chi connectivity index (χ1) is 7.71. The summed E-state index contributed by atoms with van der Waals surface area (Å²) in [5, 5.41) is 12.1. The van der Waals surface area contributed by atoms with E-state index in [0.717, 1.165) is 0 Å². The van der Waals surface area contributed by atoms with Gasteiger partial charge in [0.25, 0.3) is 6.47 Å². The van der Waals surface area contributed by atoms with Crippen LogP contribution in [0.15, 0.2) is 0 Å². The number of hydrogen-bond donors (Lipinski definition) is 2. The number of aliphatic hydroxyl groups excluding tert-OH is 1. The number of rotatable bonds is 5. The second kappa shape index (κ2) is 6.44. The van der Waals surface area contributed by atoms with Crippen molar-refractivity contribution in [1.82, 2.24) is 5.32 Å². The molecule has 1 rings (SSSR count). The number of hydrogen-bond acceptors (Lipinski definition) is 6. The molecule has 6 heteroatoms. The Morgan fingerprint density at radius 1 is 1.56 bits per heavy atom. The van der Waals surface area contributed by atoms with Crippen LogP contribution in [0.25, 0.3) is 0 Å². The highest BCUT2D eigenvalue weighted by Gasteiger charge is 2.32. The largest absolute Gasteiger partial charge is 0.468 e. The van der Waals surface area contributed by atoms with Gasteiger partial charge < -0.3 is 14.6 Å². The van der Waals surface area contributed by atoms with E-state index in [0.29, 0.717) is 19.3 Å². The van der Waals surface area contributed by atoms with Gasteiger partial charge in [0, 0.05) is 12.6 Å². The van der Waals surface area contributed by atoms with E-state index >= 15 is 0 Å². The molecule has 1 aliphatic heterocycles. The van der Waals surface area contributed by atoms with Gasteiger partial charge in [-0.05, 0) is 18.8 Å². The van der Waals surface area contributed by atoms with Crippen LogP contribution in [0.4, 0.5) is 0 Å². The molecule has 0 spiro atoms. The maximum Gasteiger partial charge on any atom is 0.322 e. The molecule has 0 aromatic heterocycles. The van der Waals surface area contributed by atoms with Gasteiger partial charge in [0.05, 0.1) is 7.11 Å². The van der Waals surface area contributed by atoms with Crippen molar-refractivity contribution in [2.75, 3.05) is 20.3 Å². The molecular formula is C10H17NO5. The normalized spacial score (nSPS) is 29.5. The van der Waals surface area contributed by atoms with Crippen molar-refractivity contribution in [3.05, 3.63) is 0 Å². The van der Waals surface area contributed by atoms with Crippen molar-refractivity contribution in [2.24, 2.45) is 5.92 Å². The van der Waals surface area contributed by atoms with Gasteiger partial charge in [-0.15, -0.1) is 0 Å². The third-order valence-corrected chi connectivity index (χ3v) is 2.73. The fourth-order valence-electron chi connectivity index (χ4n) is 1.98. The number of ether oxygens (including phenoxy) is 2. The van der Waals surface area contributed by atoms with E-state index in [4.69, 9.17) is 5.11 Å². The predicted molar refractivity (Wildman–Crippen MR) is 54.6 cm³/mol. The Hall–Kier alpha value is -1.14. The van der Waals surface area contributed by atoms with Crippen LogP contribution in [0, 0.1) is 5.92 Å². The third kappa shape index (κ3) is 3.46. The molecule has 2 N–H and O–H groups in total. The lowest BCUT2D eigenvalue weighted by molar-refractivity contribution is -0.145. The monoisotopic (exact) mass is 231 g/mol. The zero-order valence-electron chi connectivity index (χ0n) is 9.22. The quantitative estimate of drug-likeness (QED) is 0.469. The van der Waals surface area contributed by atoms with Crippen LogP contribution in [0.5, 0.6) is 0 Å². The maximum absolute atomic E-state index is 11.4. The molecule has 6 nitrogen and oxygen atoms in total. The van der Waals surface area contributed by atoms with Gasteiger partial charge in [0.15, 0.2) is 0 Å². The smallest absolute Gasteiger partial charge is 0.322 e. The molecule has 0 unspecified atom stereocenters. The van der Waals surface area contributed by atoms with Gasteiger partial charge in [-0.3, -0.25) is 14.9 Å². The average molecular weight is 231 g/mol. The zero-order chi connectivity index (χ0) is 12.0. The molecule has 1 fully saturated rings. The topological polar surface area (TPSA) is 84.9 Å². The predicted octanol–water partition coefficient (Wildman–Crippen LogP) is -0.938. The minimum absolute atomic E-state index is 0.0206. The zero-order valence-corrected chi connectivity index (χ0v) is 9.22. The van der Waals surface area contributed by atoms with Crippen LogP contribution < -0.4 is 5.32 Å². The standard InChI is InChI=1S/C10H17NO5/c1-15-10(14)9-3-7(4-12)2-8(11-9)5-16-6-13/h6-9,11-12H,2-5H2,1H3/t7-,8-,9+/m1/s1. The summed E-state index contributed by atoms with van der Waals surface area (Å²) in [6.07, 6.45) is 1.22. The summed E-state index contributed by atoms with van der Waals surface area (Å²) in [5.41, 5.74) is 0. The minimum Gasteiger partial charge on any atom is -0.468 e. The lowest BCUT2D eigenvalue weighted by Crippen LogP contribution is -2.52. The highest BCUT2D eigenvalue weighted by atomic mass is 16.5. The number of methoxy groups -OCH3 is 1. The van der Waals surface area contributed by atoms with E-state index in [2.05, 4.69) is 14.8 Å². The molecule has 1 heterocycles. The van der Waals surface area contributed by atoms with Crippen LogP contribution in [-0.4, -0.2) is 50.0 Å². The van der Waals surface area contributed by atoms with Gasteiger partial charge >= 0.3 is 5.97 Å². The maximum atomic E-state index is 11.4. The summed E-state index contributed by atoms with van der Waals surface area (Å²) in [6, 6.07) is -0.545. The lowest BCUT2D eigenvalue weighted by atomic mass is 9.88. The molecule has 1 saturated heterocycles. The fourth-order valence-corrected chi connectivity index (χ4v) is 1.98. The Morgan fingerprint density at radius 2 is 2.31 bits per heavy atom. The summed E-state index contributed by atoms with van der Waals surface area (Å²) in [6.45, 7) is 0.595. The summed E-state index contributed by atoms with van der Waals surface area (Å²) >= 11 is 0. The summed E-state index contributed by atoms with van der Waals surface area (Å²) in [7, 11) is 1.32. The van der Waals surface area contributed by atoms with Gasteiger partial charge in [-0.25, -0.2) is 0 Å². The molecular weight excluding hydrogens is 214 g/mol. The molecule has 92 valence electrons. The number of carbonyl (C=O) groups is 2. The first-order valence-electron chi connectivity index (χ1n) is 5.21. The lowest BCUT2D eigenvalue weighted by Gasteiger charge is -2.33. The van der Waals surface area contributed by atoms with Crippen molar-refractivity contribution >= 4 is 12.4 Å². The number of esters is 1. The first kappa shape index (κ1) is 12.9. The van der Waals surface area contributed by atoms with Crippen molar-refractivity contribution < 1.29 is 24.2 Å². The molecule has 0 radical (unpaired) electrons. The summed E-state index contributed by atoms with van der Waals surface area (Å²) in [5.74, 6) is -0.320. The molecule has 3 atom stereocenters. The Bertz CT molecular complexity index is 245. The van der Waals surface area contributed by atoms with Crippen LogP contribution in [-0.2, 0) is 19.1 Å². The minimum atomic E-state index is -0.434. The van der Waals surface area contributed by atoms with Gasteiger partial charge in [-0.1, -0.05) is 0 Å². The van der Waals surface area contributed by atoms with Gasteiger partial charge in [0.2, 0.25) is 0 Å². The number of carbonyl (C=O) groups excluding carboxylic acids is 2. The van der Waals surface area contributed by atoms with E-state index in [1.54, 1.807) is 0 Å². The highest BCUT2D eigenvalue weighted by Crippen LogP contribution is 2.20. The van der Waals surface area contributed by atoms with Crippen molar-refractivity contribution in [3.8, 4) is 0 Å². The van der Waals surface area contributed by atoms with Crippen molar-refractivity contribution in [1.29, 1.82) is 0 Å². The Kier molecular flexibility index (Phi) is 5.21. The number of aliphatic hydroxyl groups is 1. The van der Waals surface area contributed by atoms with Crippen LogP contribution in [0.3, 0.4) is 0 Å². The second-order valence-electron chi connectivity index (χ2n) is 3.89. The van der Waals surface area contributed by atoms with E-state index < -0.39 is 6.04 Å². The Balaban J connectivity index is 2.53. The van der Waals surface area contributed by atoms with E-state index in [-0.39, 0.29) is 31.1 Å². The van der Waals surface area contributed by atoms with Gasteiger partial charge in [0.1, 0.15) is 12.6 Å². The Labute approximate surface area is 93.9 Å².